The molecule has 2 aromatic carbocycles. The van der Waals surface area contributed by atoms with E-state index in [1.54, 1.807) is 0 Å². The molecule has 0 aliphatic heterocycles. The van der Waals surface area contributed by atoms with E-state index in [0.717, 1.165) is 28.2 Å². The lowest BCUT2D eigenvalue weighted by atomic mass is 10.1. The van der Waals surface area contributed by atoms with Gasteiger partial charge in [-0.15, -0.1) is 0 Å². The summed E-state index contributed by atoms with van der Waals surface area (Å²) in [6.45, 7) is 8.03. The smallest absolute Gasteiger partial charge is 0.226 e. The van der Waals surface area contributed by atoms with E-state index >= 15 is 0 Å². The van der Waals surface area contributed by atoms with Crippen molar-refractivity contribution in [2.24, 2.45) is 0 Å². The Bertz CT molecular complexity index is 761. The standard InChI is InChI=1S/C20H25N3O2/c1-13-10-14(2)20(15(3)11-13)23-19(25)8-9-21-17-6-5-7-18(12-17)22-16(4)24/h5-7,10-12,21H,8-9H2,1-4H3,(H,22,24)(H,23,25). The van der Waals surface area contributed by atoms with Crippen molar-refractivity contribution in [1.29, 1.82) is 0 Å². The molecule has 5 heteroatoms. The van der Waals surface area contributed by atoms with Crippen molar-refractivity contribution in [2.75, 3.05) is 22.5 Å². The highest BCUT2D eigenvalue weighted by atomic mass is 16.2. The maximum atomic E-state index is 12.2. The lowest BCUT2D eigenvalue weighted by molar-refractivity contribution is -0.116. The maximum Gasteiger partial charge on any atom is 0.226 e. The quantitative estimate of drug-likeness (QED) is 0.745. The Labute approximate surface area is 148 Å². The fourth-order valence-corrected chi connectivity index (χ4v) is 2.81. The minimum absolute atomic E-state index is 0.0273. The first-order valence-electron chi connectivity index (χ1n) is 8.34. The van der Waals surface area contributed by atoms with Gasteiger partial charge in [-0.1, -0.05) is 23.8 Å². The Morgan fingerprint density at radius 2 is 1.56 bits per heavy atom. The fraction of sp³-hybridized carbons (Fsp3) is 0.300. The van der Waals surface area contributed by atoms with Gasteiger partial charge in [0.15, 0.2) is 0 Å². The van der Waals surface area contributed by atoms with Crippen LogP contribution in [-0.4, -0.2) is 18.4 Å². The number of hydrogen-bond donors (Lipinski definition) is 3. The molecular formula is C20H25N3O2. The molecule has 5 nitrogen and oxygen atoms in total. The van der Waals surface area contributed by atoms with E-state index in [0.29, 0.717) is 13.0 Å². The Morgan fingerprint density at radius 1 is 0.920 bits per heavy atom. The van der Waals surface area contributed by atoms with Crippen molar-refractivity contribution in [1.82, 2.24) is 0 Å². The number of benzene rings is 2. The second-order valence-electron chi connectivity index (χ2n) is 6.26. The number of aryl methyl sites for hydroxylation is 3. The van der Waals surface area contributed by atoms with Crippen LogP contribution in [0.5, 0.6) is 0 Å². The van der Waals surface area contributed by atoms with E-state index in [2.05, 4.69) is 28.1 Å². The summed E-state index contributed by atoms with van der Waals surface area (Å²) in [6.07, 6.45) is 0.358. The number of rotatable bonds is 6. The van der Waals surface area contributed by atoms with Crippen LogP contribution < -0.4 is 16.0 Å². The number of nitrogens with one attached hydrogen (secondary N) is 3. The first kappa shape index (κ1) is 18.5. The molecule has 0 radical (unpaired) electrons. The Hall–Kier alpha value is -2.82. The van der Waals surface area contributed by atoms with Gasteiger partial charge in [0.1, 0.15) is 0 Å². The zero-order chi connectivity index (χ0) is 18.4. The molecule has 2 amide bonds. The van der Waals surface area contributed by atoms with E-state index in [9.17, 15) is 9.59 Å². The highest BCUT2D eigenvalue weighted by Crippen LogP contribution is 2.22. The van der Waals surface area contributed by atoms with E-state index in [4.69, 9.17) is 0 Å². The molecule has 0 atom stereocenters. The van der Waals surface area contributed by atoms with Gasteiger partial charge in [0.25, 0.3) is 0 Å². The number of amides is 2. The van der Waals surface area contributed by atoms with Gasteiger partial charge < -0.3 is 16.0 Å². The Morgan fingerprint density at radius 3 is 2.20 bits per heavy atom. The summed E-state index contributed by atoms with van der Waals surface area (Å²) in [5, 5.41) is 8.93. The molecule has 0 aromatic heterocycles. The topological polar surface area (TPSA) is 70.2 Å². The van der Waals surface area contributed by atoms with Crippen LogP contribution in [0.3, 0.4) is 0 Å². The van der Waals surface area contributed by atoms with Crippen LogP contribution >= 0.6 is 0 Å². The third-order valence-electron chi connectivity index (χ3n) is 3.81. The van der Waals surface area contributed by atoms with Crippen molar-refractivity contribution in [2.45, 2.75) is 34.1 Å². The van der Waals surface area contributed by atoms with Crippen LogP contribution in [0.4, 0.5) is 17.1 Å². The van der Waals surface area contributed by atoms with Gasteiger partial charge in [0.05, 0.1) is 0 Å². The summed E-state index contributed by atoms with van der Waals surface area (Å²) in [6, 6.07) is 11.5. The second-order valence-corrected chi connectivity index (χ2v) is 6.26. The average molecular weight is 339 g/mol. The summed E-state index contributed by atoms with van der Waals surface area (Å²) in [7, 11) is 0. The third-order valence-corrected chi connectivity index (χ3v) is 3.81. The van der Waals surface area contributed by atoms with E-state index in [1.165, 1.54) is 12.5 Å². The second kappa shape index (κ2) is 8.33. The minimum Gasteiger partial charge on any atom is -0.384 e. The van der Waals surface area contributed by atoms with Gasteiger partial charge in [-0.2, -0.15) is 0 Å². The fourth-order valence-electron chi connectivity index (χ4n) is 2.81. The molecule has 2 aromatic rings. The number of carbonyl (C=O) groups is 2. The molecule has 132 valence electrons. The predicted molar refractivity (Wildman–Crippen MR) is 103 cm³/mol. The molecule has 3 N–H and O–H groups in total. The molecule has 2 rings (SSSR count). The summed E-state index contributed by atoms with van der Waals surface area (Å²) in [5.41, 5.74) is 5.82. The molecule has 0 heterocycles. The van der Waals surface area contributed by atoms with Crippen molar-refractivity contribution >= 4 is 28.9 Å². The molecule has 25 heavy (non-hydrogen) atoms. The van der Waals surface area contributed by atoms with Gasteiger partial charge in [-0.05, 0) is 50.1 Å². The Balaban J connectivity index is 1.88. The zero-order valence-corrected chi connectivity index (χ0v) is 15.2. The summed E-state index contributed by atoms with van der Waals surface area (Å²) in [4.78, 5) is 23.3. The average Bonchev–Trinajstić information content (AvgIpc) is 2.50. The van der Waals surface area contributed by atoms with E-state index < -0.39 is 0 Å². The van der Waals surface area contributed by atoms with Crippen molar-refractivity contribution in [3.05, 3.63) is 53.1 Å². The summed E-state index contributed by atoms with van der Waals surface area (Å²) in [5.74, 6) is -0.138. The number of carbonyl (C=O) groups excluding carboxylic acids is 2. The Kier molecular flexibility index (Phi) is 6.17. The van der Waals surface area contributed by atoms with Crippen molar-refractivity contribution < 1.29 is 9.59 Å². The monoisotopic (exact) mass is 339 g/mol. The molecule has 0 bridgehead atoms. The molecule has 0 saturated carbocycles. The maximum absolute atomic E-state index is 12.2. The van der Waals surface area contributed by atoms with Crippen LogP contribution in [0.15, 0.2) is 36.4 Å². The van der Waals surface area contributed by atoms with Crippen LogP contribution in [0.2, 0.25) is 0 Å². The summed E-state index contributed by atoms with van der Waals surface area (Å²) >= 11 is 0. The van der Waals surface area contributed by atoms with Crippen LogP contribution in [0.1, 0.15) is 30.0 Å². The summed E-state index contributed by atoms with van der Waals surface area (Å²) < 4.78 is 0. The number of hydrogen-bond acceptors (Lipinski definition) is 3. The minimum atomic E-state index is -0.111. The highest BCUT2D eigenvalue weighted by molar-refractivity contribution is 5.92. The van der Waals surface area contributed by atoms with Gasteiger partial charge in [0.2, 0.25) is 11.8 Å². The molecule has 0 aliphatic rings. The zero-order valence-electron chi connectivity index (χ0n) is 15.2. The van der Waals surface area contributed by atoms with Crippen molar-refractivity contribution in [3.8, 4) is 0 Å². The molecule has 0 aliphatic carbocycles. The largest absolute Gasteiger partial charge is 0.384 e. The highest BCUT2D eigenvalue weighted by Gasteiger charge is 2.08. The lowest BCUT2D eigenvalue weighted by Gasteiger charge is -2.13. The van der Waals surface area contributed by atoms with Crippen LogP contribution in [0.25, 0.3) is 0 Å². The van der Waals surface area contributed by atoms with Gasteiger partial charge in [-0.3, -0.25) is 9.59 Å². The van der Waals surface area contributed by atoms with Gasteiger partial charge in [0, 0.05) is 37.0 Å². The molecule has 0 spiro atoms. The molecule has 0 saturated heterocycles. The molecule has 0 fully saturated rings. The van der Waals surface area contributed by atoms with Crippen molar-refractivity contribution in [3.63, 3.8) is 0 Å². The van der Waals surface area contributed by atoms with E-state index in [-0.39, 0.29) is 11.8 Å². The van der Waals surface area contributed by atoms with Crippen LogP contribution in [-0.2, 0) is 9.59 Å². The SMILES string of the molecule is CC(=O)Nc1cccc(NCCC(=O)Nc2c(C)cc(C)cc2C)c1. The first-order chi connectivity index (χ1) is 11.8. The normalized spacial score (nSPS) is 10.2. The molecular weight excluding hydrogens is 314 g/mol. The molecule has 0 unspecified atom stereocenters. The predicted octanol–water partition coefficient (Wildman–Crippen LogP) is 4.01. The van der Waals surface area contributed by atoms with E-state index in [1.807, 2.05) is 45.0 Å². The third kappa shape index (κ3) is 5.64. The lowest BCUT2D eigenvalue weighted by Crippen LogP contribution is -2.17. The van der Waals surface area contributed by atoms with Crippen LogP contribution in [0, 0.1) is 20.8 Å². The first-order valence-corrected chi connectivity index (χ1v) is 8.34. The van der Waals surface area contributed by atoms with Gasteiger partial charge in [-0.25, -0.2) is 0 Å². The van der Waals surface area contributed by atoms with Gasteiger partial charge >= 0.3 is 0 Å². The number of anilines is 3.